The van der Waals surface area contributed by atoms with Crippen LogP contribution in [0.15, 0.2) is 47.4 Å². The van der Waals surface area contributed by atoms with Crippen molar-refractivity contribution in [3.63, 3.8) is 0 Å². The Balaban J connectivity index is 1.90. The van der Waals surface area contributed by atoms with Gasteiger partial charge in [-0.2, -0.15) is 0 Å². The van der Waals surface area contributed by atoms with Gasteiger partial charge in [0.15, 0.2) is 0 Å². The number of sulfonamides is 1. The number of carbonyl (C=O) groups excluding carboxylic acids is 1. The molecule has 0 bridgehead atoms. The first-order valence-electron chi connectivity index (χ1n) is 8.27. The molecule has 0 unspecified atom stereocenters. The van der Waals surface area contributed by atoms with Crippen molar-refractivity contribution in [2.75, 3.05) is 11.9 Å². The average molecular weight is 360 g/mol. The Labute approximate surface area is 149 Å². The fourth-order valence-corrected chi connectivity index (χ4v) is 3.47. The third-order valence-corrected chi connectivity index (χ3v) is 5.51. The second kappa shape index (κ2) is 8.27. The Kier molecular flexibility index (Phi) is 6.33. The molecular weight excluding hydrogens is 336 g/mol. The van der Waals surface area contributed by atoms with E-state index >= 15 is 0 Å². The number of hydrogen-bond acceptors (Lipinski definition) is 3. The standard InChI is InChI=1S/C19H24N2O3S/c1-4-16-6-5-7-17(13-16)21-19(22)10-11-20-25(23,24)18-9-8-14(2)15(3)12-18/h5-9,12-13,20H,4,10-11H2,1-3H3,(H,21,22). The molecule has 0 saturated heterocycles. The summed E-state index contributed by atoms with van der Waals surface area (Å²) in [5, 5.41) is 2.79. The maximum absolute atomic E-state index is 12.3. The van der Waals surface area contributed by atoms with Crippen LogP contribution in [0.5, 0.6) is 0 Å². The Bertz CT molecular complexity index is 861. The molecule has 0 aliphatic heterocycles. The molecule has 0 radical (unpaired) electrons. The minimum absolute atomic E-state index is 0.0502. The first-order valence-corrected chi connectivity index (χ1v) is 9.76. The second-order valence-corrected chi connectivity index (χ2v) is 7.76. The first kappa shape index (κ1) is 19.1. The number of amides is 1. The molecule has 0 fully saturated rings. The van der Waals surface area contributed by atoms with Gasteiger partial charge >= 0.3 is 0 Å². The normalized spacial score (nSPS) is 11.3. The van der Waals surface area contributed by atoms with Crippen LogP contribution in [0.3, 0.4) is 0 Å². The SMILES string of the molecule is CCc1cccc(NC(=O)CCNS(=O)(=O)c2ccc(C)c(C)c2)c1. The van der Waals surface area contributed by atoms with Crippen molar-refractivity contribution in [2.45, 2.75) is 38.5 Å². The maximum atomic E-state index is 12.3. The van der Waals surface area contributed by atoms with Crippen molar-refractivity contribution in [1.29, 1.82) is 0 Å². The van der Waals surface area contributed by atoms with E-state index in [1.807, 2.05) is 45.0 Å². The molecule has 25 heavy (non-hydrogen) atoms. The zero-order valence-corrected chi connectivity index (χ0v) is 15.6. The summed E-state index contributed by atoms with van der Waals surface area (Å²) in [4.78, 5) is 12.2. The molecule has 1 amide bonds. The molecule has 2 aromatic rings. The zero-order chi connectivity index (χ0) is 18.4. The lowest BCUT2D eigenvalue weighted by Gasteiger charge is -2.09. The summed E-state index contributed by atoms with van der Waals surface area (Å²) in [7, 11) is -3.61. The van der Waals surface area contributed by atoms with E-state index in [9.17, 15) is 13.2 Å². The number of benzene rings is 2. The third-order valence-electron chi connectivity index (χ3n) is 4.05. The quantitative estimate of drug-likeness (QED) is 0.796. The van der Waals surface area contributed by atoms with Crippen molar-refractivity contribution in [1.82, 2.24) is 4.72 Å². The Morgan fingerprint density at radius 2 is 1.80 bits per heavy atom. The van der Waals surface area contributed by atoms with Gasteiger partial charge in [-0.3, -0.25) is 4.79 Å². The molecular formula is C19H24N2O3S. The van der Waals surface area contributed by atoms with Crippen LogP contribution in [0, 0.1) is 13.8 Å². The van der Waals surface area contributed by atoms with E-state index in [1.165, 1.54) is 0 Å². The second-order valence-electron chi connectivity index (χ2n) is 6.00. The molecule has 134 valence electrons. The van der Waals surface area contributed by atoms with Gasteiger partial charge in [-0.1, -0.05) is 25.1 Å². The minimum Gasteiger partial charge on any atom is -0.326 e. The molecule has 2 rings (SSSR count). The van der Waals surface area contributed by atoms with Crippen LogP contribution in [0.4, 0.5) is 5.69 Å². The van der Waals surface area contributed by atoms with Crippen molar-refractivity contribution in [3.8, 4) is 0 Å². The van der Waals surface area contributed by atoms with Crippen LogP contribution in [0.2, 0.25) is 0 Å². The van der Waals surface area contributed by atoms with Crippen LogP contribution in [0.1, 0.15) is 30.0 Å². The lowest BCUT2D eigenvalue weighted by atomic mass is 10.1. The van der Waals surface area contributed by atoms with Crippen LogP contribution in [-0.4, -0.2) is 20.9 Å². The average Bonchev–Trinajstić information content (AvgIpc) is 2.57. The van der Waals surface area contributed by atoms with E-state index in [2.05, 4.69) is 10.0 Å². The summed E-state index contributed by atoms with van der Waals surface area (Å²) >= 11 is 0. The van der Waals surface area contributed by atoms with Crippen molar-refractivity contribution >= 4 is 21.6 Å². The Morgan fingerprint density at radius 1 is 1.04 bits per heavy atom. The molecule has 5 nitrogen and oxygen atoms in total. The topological polar surface area (TPSA) is 75.3 Å². The number of nitrogens with one attached hydrogen (secondary N) is 2. The van der Waals surface area contributed by atoms with E-state index < -0.39 is 10.0 Å². The van der Waals surface area contributed by atoms with Gasteiger partial charge in [-0.25, -0.2) is 13.1 Å². The van der Waals surface area contributed by atoms with Gasteiger partial charge in [0.2, 0.25) is 15.9 Å². The van der Waals surface area contributed by atoms with Crippen LogP contribution in [-0.2, 0) is 21.2 Å². The molecule has 2 aromatic carbocycles. The molecule has 0 spiro atoms. The zero-order valence-electron chi connectivity index (χ0n) is 14.8. The Hall–Kier alpha value is -2.18. The highest BCUT2D eigenvalue weighted by Gasteiger charge is 2.15. The fraction of sp³-hybridized carbons (Fsp3) is 0.316. The third kappa shape index (κ3) is 5.41. The highest BCUT2D eigenvalue weighted by Crippen LogP contribution is 2.15. The van der Waals surface area contributed by atoms with Crippen LogP contribution in [0.25, 0.3) is 0 Å². The lowest BCUT2D eigenvalue weighted by molar-refractivity contribution is -0.116. The largest absolute Gasteiger partial charge is 0.326 e. The highest BCUT2D eigenvalue weighted by molar-refractivity contribution is 7.89. The van der Waals surface area contributed by atoms with Gasteiger partial charge in [0.25, 0.3) is 0 Å². The van der Waals surface area contributed by atoms with E-state index in [4.69, 9.17) is 0 Å². The van der Waals surface area contributed by atoms with Gasteiger partial charge in [0, 0.05) is 18.7 Å². The molecule has 2 N–H and O–H groups in total. The fourth-order valence-electron chi connectivity index (χ4n) is 2.36. The van der Waals surface area contributed by atoms with Gasteiger partial charge in [0.1, 0.15) is 0 Å². The van der Waals surface area contributed by atoms with Crippen molar-refractivity contribution in [2.24, 2.45) is 0 Å². The Morgan fingerprint density at radius 3 is 2.48 bits per heavy atom. The summed E-state index contributed by atoms with van der Waals surface area (Å²) in [6, 6.07) is 12.6. The van der Waals surface area contributed by atoms with Gasteiger partial charge in [-0.15, -0.1) is 0 Å². The summed E-state index contributed by atoms with van der Waals surface area (Å²) in [5.41, 5.74) is 3.80. The molecule has 0 atom stereocenters. The summed E-state index contributed by atoms with van der Waals surface area (Å²) in [5.74, 6) is -0.226. The number of rotatable bonds is 7. The number of aryl methyl sites for hydroxylation is 3. The van der Waals surface area contributed by atoms with Gasteiger partial charge < -0.3 is 5.32 Å². The maximum Gasteiger partial charge on any atom is 0.240 e. The van der Waals surface area contributed by atoms with E-state index in [-0.39, 0.29) is 23.8 Å². The molecule has 0 aliphatic rings. The van der Waals surface area contributed by atoms with Crippen molar-refractivity contribution < 1.29 is 13.2 Å². The molecule has 0 saturated carbocycles. The highest BCUT2D eigenvalue weighted by atomic mass is 32.2. The number of anilines is 1. The predicted octanol–water partition coefficient (Wildman–Crippen LogP) is 3.17. The monoisotopic (exact) mass is 360 g/mol. The van der Waals surface area contributed by atoms with E-state index in [0.717, 1.165) is 28.8 Å². The summed E-state index contributed by atoms with van der Waals surface area (Å²) in [6.07, 6.45) is 0.958. The van der Waals surface area contributed by atoms with Crippen LogP contribution >= 0.6 is 0 Å². The molecule has 0 heterocycles. The molecule has 6 heteroatoms. The van der Waals surface area contributed by atoms with Crippen molar-refractivity contribution in [3.05, 3.63) is 59.2 Å². The number of carbonyl (C=O) groups is 1. The smallest absolute Gasteiger partial charge is 0.240 e. The minimum atomic E-state index is -3.61. The summed E-state index contributed by atoms with van der Waals surface area (Å²) < 4.78 is 27.0. The molecule has 0 aliphatic carbocycles. The van der Waals surface area contributed by atoms with Gasteiger partial charge in [0.05, 0.1) is 4.90 Å². The van der Waals surface area contributed by atoms with Crippen LogP contribution < -0.4 is 10.0 Å². The van der Waals surface area contributed by atoms with E-state index in [0.29, 0.717) is 0 Å². The summed E-state index contributed by atoms with van der Waals surface area (Å²) in [6.45, 7) is 5.89. The van der Waals surface area contributed by atoms with E-state index in [1.54, 1.807) is 18.2 Å². The molecule has 0 aromatic heterocycles. The lowest BCUT2D eigenvalue weighted by Crippen LogP contribution is -2.28. The predicted molar refractivity (Wildman–Crippen MR) is 100 cm³/mol. The first-order chi connectivity index (χ1) is 11.8. The number of hydrogen-bond donors (Lipinski definition) is 2. The van der Waals surface area contributed by atoms with Gasteiger partial charge in [-0.05, 0) is 61.2 Å².